The number of hydrogen-bond donors (Lipinski definition) is 5. The lowest BCUT2D eigenvalue weighted by molar-refractivity contribution is -0.136. The Morgan fingerprint density at radius 3 is 1.89 bits per heavy atom. The van der Waals surface area contributed by atoms with Gasteiger partial charge in [-0.15, -0.1) is 0 Å². The highest BCUT2D eigenvalue weighted by Crippen LogP contribution is 2.37. The summed E-state index contributed by atoms with van der Waals surface area (Å²) in [6.45, 7) is 1.80. The number of amides is 3. The lowest BCUT2D eigenvalue weighted by Crippen LogP contribution is -2.42. The first-order valence-corrected chi connectivity index (χ1v) is 19.5. The third kappa shape index (κ3) is 7.82. The Kier molecular flexibility index (Phi) is 11.0. The van der Waals surface area contributed by atoms with Crippen LogP contribution in [0, 0.1) is 5.92 Å². The van der Waals surface area contributed by atoms with Crippen molar-refractivity contribution in [3.05, 3.63) is 108 Å². The Morgan fingerprint density at radius 2 is 1.32 bits per heavy atom. The van der Waals surface area contributed by atoms with Gasteiger partial charge in [0.15, 0.2) is 0 Å². The maximum Gasteiger partial charge on any atom is 0.405 e. The summed E-state index contributed by atoms with van der Waals surface area (Å²) in [6.07, 6.45) is 8.57. The molecule has 0 radical (unpaired) electrons. The first-order valence-electron chi connectivity index (χ1n) is 19.5. The van der Waals surface area contributed by atoms with Crippen LogP contribution >= 0.6 is 0 Å². The van der Waals surface area contributed by atoms with Crippen LogP contribution in [0.3, 0.4) is 0 Å². The van der Waals surface area contributed by atoms with Crippen molar-refractivity contribution < 1.29 is 24.2 Å². The lowest BCUT2D eigenvalue weighted by atomic mass is 10.0. The molecule has 1 aliphatic carbocycles. The number of ether oxygens (including phenoxy) is 1. The van der Waals surface area contributed by atoms with Crippen molar-refractivity contribution in [2.45, 2.75) is 69.1 Å². The molecule has 13 heteroatoms. The Bertz CT molecular complexity index is 2130. The molecule has 3 amide bonds. The number of rotatable bonds is 12. The number of nitrogens with zero attached hydrogens (tertiary/aromatic N) is 4. The van der Waals surface area contributed by atoms with Gasteiger partial charge in [0.05, 0.1) is 42.6 Å². The zero-order chi connectivity index (χ0) is 38.6. The molecule has 0 unspecified atom stereocenters. The molecule has 0 spiro atoms. The summed E-state index contributed by atoms with van der Waals surface area (Å²) in [5, 5.41) is 15.3. The quantitative estimate of drug-likeness (QED) is 0.0864. The summed E-state index contributed by atoms with van der Waals surface area (Å²) in [7, 11) is 1.68. The van der Waals surface area contributed by atoms with Crippen molar-refractivity contribution in [3.8, 4) is 33.6 Å². The van der Waals surface area contributed by atoms with E-state index in [0.717, 1.165) is 91.0 Å². The van der Waals surface area contributed by atoms with E-state index in [0.29, 0.717) is 30.7 Å². The van der Waals surface area contributed by atoms with E-state index in [1.165, 1.54) is 0 Å². The summed E-state index contributed by atoms with van der Waals surface area (Å²) in [6, 6.07) is 24.6. The molecule has 2 aromatic heterocycles. The van der Waals surface area contributed by atoms with Crippen molar-refractivity contribution in [1.82, 2.24) is 40.4 Å². The summed E-state index contributed by atoms with van der Waals surface area (Å²) < 4.78 is 5.16. The second kappa shape index (κ2) is 16.5. The Balaban J connectivity index is 0.905. The molecule has 1 saturated carbocycles. The van der Waals surface area contributed by atoms with Crippen LogP contribution in [0.5, 0.6) is 0 Å². The molecular formula is C43H48N8O5. The number of carboxylic acid groups (broad SMARTS) is 1. The van der Waals surface area contributed by atoms with E-state index in [1.54, 1.807) is 42.5 Å². The number of aromatic nitrogens is 4. The van der Waals surface area contributed by atoms with Gasteiger partial charge in [-0.25, -0.2) is 14.8 Å². The van der Waals surface area contributed by atoms with Crippen LogP contribution in [-0.2, 0) is 14.3 Å². The summed E-state index contributed by atoms with van der Waals surface area (Å²) in [4.78, 5) is 59.0. The van der Waals surface area contributed by atoms with Gasteiger partial charge in [0.2, 0.25) is 5.91 Å². The van der Waals surface area contributed by atoms with Gasteiger partial charge in [-0.3, -0.25) is 14.9 Å². The van der Waals surface area contributed by atoms with Crippen LogP contribution in [0.1, 0.15) is 80.3 Å². The Morgan fingerprint density at radius 1 is 0.768 bits per heavy atom. The maximum atomic E-state index is 13.7. The largest absolute Gasteiger partial charge is 0.465 e. The fraction of sp³-hybridized carbons (Fsp3) is 0.372. The normalized spacial score (nSPS) is 21.4. The average Bonchev–Trinajstić information content (AvgIpc) is 4.08. The number of carbonyl (C=O) groups is 3. The van der Waals surface area contributed by atoms with Crippen LogP contribution < -0.4 is 10.6 Å². The van der Waals surface area contributed by atoms with Gasteiger partial charge >= 0.3 is 6.09 Å². The smallest absolute Gasteiger partial charge is 0.405 e. The minimum Gasteiger partial charge on any atom is -0.465 e. The molecule has 3 aliphatic rings. The second-order valence-corrected chi connectivity index (χ2v) is 15.0. The third-order valence-corrected chi connectivity index (χ3v) is 11.6. The first kappa shape index (κ1) is 37.1. The molecule has 8 rings (SSSR count). The van der Waals surface area contributed by atoms with Crippen molar-refractivity contribution in [2.75, 3.05) is 26.9 Å². The number of methoxy groups -OCH3 is 1. The zero-order valence-electron chi connectivity index (χ0n) is 31.5. The van der Waals surface area contributed by atoms with Crippen LogP contribution in [-0.4, -0.2) is 85.7 Å². The molecule has 290 valence electrons. The fourth-order valence-electron chi connectivity index (χ4n) is 8.67. The highest BCUT2D eigenvalue weighted by molar-refractivity contribution is 5.87. The van der Waals surface area contributed by atoms with E-state index < -0.39 is 12.1 Å². The fourth-order valence-corrected chi connectivity index (χ4v) is 8.67. The molecule has 4 heterocycles. The number of hydrogen-bond acceptors (Lipinski definition) is 7. The van der Waals surface area contributed by atoms with E-state index >= 15 is 0 Å². The van der Waals surface area contributed by atoms with Crippen molar-refractivity contribution in [3.63, 3.8) is 0 Å². The first-order chi connectivity index (χ1) is 27.4. The monoisotopic (exact) mass is 756 g/mol. The highest BCUT2D eigenvalue weighted by atomic mass is 16.5. The number of likely N-dealkylation sites (tertiary alicyclic amines) is 2. The van der Waals surface area contributed by atoms with Gasteiger partial charge in [0.25, 0.3) is 5.91 Å². The van der Waals surface area contributed by atoms with Crippen LogP contribution in [0.15, 0.2) is 91.3 Å². The molecule has 56 heavy (non-hydrogen) atoms. The van der Waals surface area contributed by atoms with E-state index in [2.05, 4.69) is 74.1 Å². The summed E-state index contributed by atoms with van der Waals surface area (Å²) in [5.74, 6) is 1.52. The third-order valence-electron chi connectivity index (χ3n) is 11.6. The molecule has 2 aliphatic heterocycles. The van der Waals surface area contributed by atoms with Gasteiger partial charge in [0, 0.05) is 32.2 Å². The van der Waals surface area contributed by atoms with Crippen molar-refractivity contribution in [1.29, 1.82) is 0 Å². The molecular weight excluding hydrogens is 709 g/mol. The van der Waals surface area contributed by atoms with Gasteiger partial charge in [-0.2, -0.15) is 0 Å². The van der Waals surface area contributed by atoms with Gasteiger partial charge in [0.1, 0.15) is 17.7 Å². The molecule has 3 aromatic carbocycles. The number of carbonyl (C=O) groups excluding carboxylic acids is 2. The molecule has 3 fully saturated rings. The lowest BCUT2D eigenvalue weighted by Gasteiger charge is -2.28. The van der Waals surface area contributed by atoms with Crippen LogP contribution in [0.4, 0.5) is 4.79 Å². The van der Waals surface area contributed by atoms with E-state index in [4.69, 9.17) is 9.72 Å². The number of H-pyrrole nitrogens is 2. The number of aromatic amines is 2. The van der Waals surface area contributed by atoms with E-state index in [1.807, 2.05) is 17.2 Å². The van der Waals surface area contributed by atoms with Crippen LogP contribution in [0.25, 0.3) is 33.6 Å². The molecule has 5 N–H and O–H groups in total. The standard InChI is InChI=1S/C43H48N8O5/c1-56-26-46-33-20-19-32(23-33)41(52)50-21-5-9-36(50)39-44-24-34(47-39)29-15-11-27(12-16-29)28-13-17-30(18-14-28)35-25-45-40(48-35)37-10-6-22-51(37)42(53)38(49-43(54)55)31-7-3-2-4-8-31/h2-4,7-8,11-18,24-25,32-33,36-38,46,49H,5-6,9-10,19-23,26H2,1H3,(H,44,47)(H,45,48)(H,54,55)/t32-,33+,36+,37+,38-/m1/s1. The Labute approximate surface area is 325 Å². The highest BCUT2D eigenvalue weighted by Gasteiger charge is 2.39. The van der Waals surface area contributed by atoms with E-state index in [9.17, 15) is 19.5 Å². The Hall–Kier alpha value is -5.79. The molecule has 5 aromatic rings. The predicted octanol–water partition coefficient (Wildman–Crippen LogP) is 6.83. The van der Waals surface area contributed by atoms with Crippen LogP contribution in [0.2, 0.25) is 0 Å². The minimum atomic E-state index is -1.25. The minimum absolute atomic E-state index is 0.0290. The zero-order valence-corrected chi connectivity index (χ0v) is 31.5. The average molecular weight is 757 g/mol. The number of benzene rings is 3. The number of imidazole rings is 2. The van der Waals surface area contributed by atoms with Crippen molar-refractivity contribution in [2.24, 2.45) is 5.92 Å². The molecule has 2 saturated heterocycles. The van der Waals surface area contributed by atoms with Gasteiger partial charge < -0.3 is 34.9 Å². The van der Waals surface area contributed by atoms with Gasteiger partial charge in [-0.05, 0) is 72.8 Å². The molecule has 13 nitrogen and oxygen atoms in total. The number of nitrogens with one attached hydrogen (secondary N) is 4. The molecule has 0 bridgehead atoms. The summed E-state index contributed by atoms with van der Waals surface area (Å²) >= 11 is 0. The summed E-state index contributed by atoms with van der Waals surface area (Å²) in [5.41, 5.74) is 6.51. The maximum absolute atomic E-state index is 13.7. The predicted molar refractivity (Wildman–Crippen MR) is 211 cm³/mol. The topological polar surface area (TPSA) is 169 Å². The van der Waals surface area contributed by atoms with E-state index in [-0.39, 0.29) is 29.8 Å². The SMILES string of the molecule is COCN[C@H]1CC[C@@H](C(=O)N2CCC[C@H]2c2ncc(-c3ccc(-c4ccc(-c5cnc([C@@H]6CCCN6C(=O)[C@H](NC(=O)O)c6ccccc6)[nH]5)cc4)cc3)[nH]2)C1. The second-order valence-electron chi connectivity index (χ2n) is 15.0. The molecule has 5 atom stereocenters. The van der Waals surface area contributed by atoms with Gasteiger partial charge in [-0.1, -0.05) is 78.9 Å². The van der Waals surface area contributed by atoms with Crippen molar-refractivity contribution >= 4 is 17.9 Å².